The van der Waals surface area contributed by atoms with E-state index in [0.717, 1.165) is 17.7 Å². The molecule has 1 aromatic carbocycles. The molecular weight excluding hydrogens is 224 g/mol. The number of ether oxygens (including phenoxy) is 1. The second-order valence-electron chi connectivity index (χ2n) is 3.55. The van der Waals surface area contributed by atoms with Gasteiger partial charge >= 0.3 is 5.97 Å². The highest BCUT2D eigenvalue weighted by atomic mass is 32.1. The third-order valence-electron chi connectivity index (χ3n) is 2.09. The quantitative estimate of drug-likeness (QED) is 0.751. The minimum atomic E-state index is -0.900. The van der Waals surface area contributed by atoms with E-state index in [2.05, 4.69) is 12.6 Å². The number of carboxylic acids is 1. The van der Waals surface area contributed by atoms with Crippen molar-refractivity contribution in [2.75, 3.05) is 6.61 Å². The van der Waals surface area contributed by atoms with Gasteiger partial charge < -0.3 is 9.84 Å². The van der Waals surface area contributed by atoms with Crippen LogP contribution in [0.3, 0.4) is 0 Å². The van der Waals surface area contributed by atoms with Crippen LogP contribution < -0.4 is 4.74 Å². The predicted molar refractivity (Wildman–Crippen MR) is 66.3 cm³/mol. The molecule has 0 spiro atoms. The highest BCUT2D eigenvalue weighted by Crippen LogP contribution is 2.16. The van der Waals surface area contributed by atoms with Gasteiger partial charge in [-0.25, -0.2) is 0 Å². The van der Waals surface area contributed by atoms with E-state index < -0.39 is 11.2 Å². The van der Waals surface area contributed by atoms with Crippen molar-refractivity contribution in [1.82, 2.24) is 0 Å². The Bertz CT molecular complexity index is 352. The molecule has 0 heterocycles. The van der Waals surface area contributed by atoms with Crippen molar-refractivity contribution >= 4 is 18.6 Å². The molecule has 0 amide bonds. The molecule has 0 saturated carbocycles. The Morgan fingerprint density at radius 1 is 1.56 bits per heavy atom. The standard InChI is InChI=1S/C12H16O3S/c1-2-6-15-10-5-3-4-9(7-10)8-11(16)12(13)14/h3-5,7,11,16H,2,6,8H2,1H3,(H,13,14). The Labute approximate surface area is 101 Å². The fourth-order valence-electron chi connectivity index (χ4n) is 1.29. The molecule has 1 N–H and O–H groups in total. The Balaban J connectivity index is 2.63. The van der Waals surface area contributed by atoms with Crippen LogP contribution in [0.2, 0.25) is 0 Å². The maximum absolute atomic E-state index is 10.7. The summed E-state index contributed by atoms with van der Waals surface area (Å²) in [5.74, 6) is -0.117. The largest absolute Gasteiger partial charge is 0.494 e. The SMILES string of the molecule is CCCOc1cccc(CC(S)C(=O)O)c1. The van der Waals surface area contributed by atoms with E-state index in [1.165, 1.54) is 0 Å². The van der Waals surface area contributed by atoms with Gasteiger partial charge in [0.15, 0.2) is 0 Å². The van der Waals surface area contributed by atoms with Crippen LogP contribution in [0.1, 0.15) is 18.9 Å². The zero-order valence-corrected chi connectivity index (χ0v) is 10.1. The number of carboxylic acid groups (broad SMARTS) is 1. The second kappa shape index (κ2) is 6.43. The average molecular weight is 240 g/mol. The Morgan fingerprint density at radius 2 is 2.31 bits per heavy atom. The lowest BCUT2D eigenvalue weighted by Crippen LogP contribution is -2.16. The van der Waals surface area contributed by atoms with Crippen LogP contribution in [-0.2, 0) is 11.2 Å². The van der Waals surface area contributed by atoms with Crippen molar-refractivity contribution in [3.63, 3.8) is 0 Å². The number of benzene rings is 1. The molecule has 0 aliphatic heterocycles. The van der Waals surface area contributed by atoms with Gasteiger partial charge in [-0.1, -0.05) is 19.1 Å². The summed E-state index contributed by atoms with van der Waals surface area (Å²) in [6.45, 7) is 2.71. The van der Waals surface area contributed by atoms with E-state index in [0.29, 0.717) is 13.0 Å². The van der Waals surface area contributed by atoms with Gasteiger partial charge in [-0.2, -0.15) is 12.6 Å². The molecule has 16 heavy (non-hydrogen) atoms. The summed E-state index contributed by atoms with van der Waals surface area (Å²) in [7, 11) is 0. The molecular formula is C12H16O3S. The molecule has 1 aromatic rings. The summed E-state index contributed by atoms with van der Waals surface area (Å²) in [6, 6.07) is 7.48. The fraction of sp³-hybridized carbons (Fsp3) is 0.417. The third kappa shape index (κ3) is 4.14. The van der Waals surface area contributed by atoms with Gasteiger partial charge in [0, 0.05) is 0 Å². The van der Waals surface area contributed by atoms with Crippen molar-refractivity contribution < 1.29 is 14.6 Å². The third-order valence-corrected chi connectivity index (χ3v) is 2.49. The van der Waals surface area contributed by atoms with E-state index in [4.69, 9.17) is 9.84 Å². The summed E-state index contributed by atoms with van der Waals surface area (Å²) in [5, 5.41) is 8.08. The van der Waals surface area contributed by atoms with Gasteiger partial charge in [-0.15, -0.1) is 0 Å². The summed E-state index contributed by atoms with van der Waals surface area (Å²) in [5.41, 5.74) is 0.927. The molecule has 0 aromatic heterocycles. The Morgan fingerprint density at radius 3 is 2.94 bits per heavy atom. The number of aliphatic carboxylic acids is 1. The summed E-state index contributed by atoms with van der Waals surface area (Å²) >= 11 is 4.00. The molecule has 0 radical (unpaired) electrons. The Hall–Kier alpha value is -1.16. The van der Waals surface area contributed by atoms with E-state index in [1.54, 1.807) is 0 Å². The molecule has 1 unspecified atom stereocenters. The topological polar surface area (TPSA) is 46.5 Å². The zero-order valence-electron chi connectivity index (χ0n) is 9.22. The molecule has 88 valence electrons. The first-order valence-corrected chi connectivity index (χ1v) is 5.77. The first-order valence-electron chi connectivity index (χ1n) is 5.26. The average Bonchev–Trinajstić information content (AvgIpc) is 2.26. The monoisotopic (exact) mass is 240 g/mol. The van der Waals surface area contributed by atoms with Crippen molar-refractivity contribution in [2.45, 2.75) is 25.0 Å². The highest BCUT2D eigenvalue weighted by molar-refractivity contribution is 7.81. The lowest BCUT2D eigenvalue weighted by Gasteiger charge is -2.08. The van der Waals surface area contributed by atoms with Crippen LogP contribution >= 0.6 is 12.6 Å². The second-order valence-corrected chi connectivity index (χ2v) is 4.18. The number of hydrogen-bond acceptors (Lipinski definition) is 3. The van der Waals surface area contributed by atoms with Gasteiger partial charge in [0.1, 0.15) is 11.0 Å². The van der Waals surface area contributed by atoms with Gasteiger partial charge in [0.2, 0.25) is 0 Å². The van der Waals surface area contributed by atoms with Gasteiger partial charge in [-0.05, 0) is 30.5 Å². The van der Waals surface area contributed by atoms with Crippen molar-refractivity contribution in [3.8, 4) is 5.75 Å². The maximum Gasteiger partial charge on any atom is 0.316 e. The fourth-order valence-corrected chi connectivity index (χ4v) is 1.50. The molecule has 0 aliphatic carbocycles. The molecule has 3 nitrogen and oxygen atoms in total. The molecule has 0 bridgehead atoms. The first kappa shape index (κ1) is 12.9. The Kier molecular flexibility index (Phi) is 5.19. The van der Waals surface area contributed by atoms with Gasteiger partial charge in [0.05, 0.1) is 6.61 Å². The summed E-state index contributed by atoms with van der Waals surface area (Å²) in [6.07, 6.45) is 1.36. The lowest BCUT2D eigenvalue weighted by atomic mass is 10.1. The van der Waals surface area contributed by atoms with Gasteiger partial charge in [-0.3, -0.25) is 4.79 Å². The number of thiol groups is 1. The van der Waals surface area contributed by atoms with E-state index in [1.807, 2.05) is 31.2 Å². The molecule has 4 heteroatoms. The summed E-state index contributed by atoms with van der Waals surface area (Å²) in [4.78, 5) is 10.7. The van der Waals surface area contributed by atoms with E-state index >= 15 is 0 Å². The molecule has 1 atom stereocenters. The van der Waals surface area contributed by atoms with E-state index in [9.17, 15) is 4.79 Å². The number of rotatable bonds is 6. The van der Waals surface area contributed by atoms with Crippen LogP contribution in [0.15, 0.2) is 24.3 Å². The minimum Gasteiger partial charge on any atom is -0.494 e. The first-order chi connectivity index (χ1) is 7.63. The van der Waals surface area contributed by atoms with E-state index in [-0.39, 0.29) is 0 Å². The molecule has 0 aliphatic rings. The van der Waals surface area contributed by atoms with Gasteiger partial charge in [0.25, 0.3) is 0 Å². The van der Waals surface area contributed by atoms with Crippen LogP contribution in [0.4, 0.5) is 0 Å². The van der Waals surface area contributed by atoms with Crippen LogP contribution in [-0.4, -0.2) is 22.9 Å². The van der Waals surface area contributed by atoms with Crippen molar-refractivity contribution in [2.24, 2.45) is 0 Å². The lowest BCUT2D eigenvalue weighted by molar-refractivity contribution is -0.136. The molecule has 0 saturated heterocycles. The number of carbonyl (C=O) groups is 1. The molecule has 1 rings (SSSR count). The van der Waals surface area contributed by atoms with Crippen molar-refractivity contribution in [1.29, 1.82) is 0 Å². The molecule has 0 fully saturated rings. The normalized spacial score (nSPS) is 12.1. The van der Waals surface area contributed by atoms with Crippen molar-refractivity contribution in [3.05, 3.63) is 29.8 Å². The summed E-state index contributed by atoms with van der Waals surface area (Å²) < 4.78 is 5.47. The van der Waals surface area contributed by atoms with Crippen LogP contribution in [0, 0.1) is 0 Å². The smallest absolute Gasteiger partial charge is 0.316 e. The number of hydrogen-bond donors (Lipinski definition) is 2. The zero-order chi connectivity index (χ0) is 12.0. The highest BCUT2D eigenvalue weighted by Gasteiger charge is 2.12. The van der Waals surface area contributed by atoms with Crippen LogP contribution in [0.25, 0.3) is 0 Å². The minimum absolute atomic E-state index is 0.405. The predicted octanol–water partition coefficient (Wildman–Crippen LogP) is 2.40. The maximum atomic E-state index is 10.7. The van der Waals surface area contributed by atoms with Crippen LogP contribution in [0.5, 0.6) is 5.75 Å².